The number of carbonyl (C=O) groups is 1. The molecule has 2 heterocycles. The van der Waals surface area contributed by atoms with Crippen molar-refractivity contribution in [2.75, 3.05) is 49.2 Å². The van der Waals surface area contributed by atoms with Crippen LogP contribution in [0, 0.1) is 0 Å². The van der Waals surface area contributed by atoms with Gasteiger partial charge in [0.05, 0.1) is 13.2 Å². The molecule has 156 valence electrons. The van der Waals surface area contributed by atoms with Gasteiger partial charge in [-0.1, -0.05) is 25.2 Å². The Balaban J connectivity index is 1.78. The molecule has 0 bridgehead atoms. The second-order valence-electron chi connectivity index (χ2n) is 8.50. The monoisotopic (exact) mass is 418 g/mol. The molecule has 0 aromatic heterocycles. The molecule has 2 aromatic rings. The third-order valence-corrected chi connectivity index (χ3v) is 9.80. The number of hydrogen-bond acceptors (Lipinski definition) is 4. The summed E-state index contributed by atoms with van der Waals surface area (Å²) in [7, 11) is -2.05. The lowest BCUT2D eigenvalue weighted by atomic mass is 10.0. The van der Waals surface area contributed by atoms with Gasteiger partial charge in [-0.2, -0.15) is 0 Å². The molecule has 0 radical (unpaired) electrons. The molecule has 4 nitrogen and oxygen atoms in total. The van der Waals surface area contributed by atoms with E-state index in [4.69, 9.17) is 4.74 Å². The van der Waals surface area contributed by atoms with Crippen LogP contribution in [0.4, 0.5) is 11.4 Å². The number of anilines is 2. The number of benzene rings is 2. The van der Waals surface area contributed by atoms with Gasteiger partial charge in [0.25, 0.3) is 0 Å². The van der Waals surface area contributed by atoms with Gasteiger partial charge in [-0.05, 0) is 46.8 Å². The number of hydrogen-bond donors (Lipinski definition) is 0. The molecule has 0 N–H and O–H groups in total. The van der Waals surface area contributed by atoms with Crippen molar-refractivity contribution in [3.63, 3.8) is 0 Å². The molecule has 0 atom stereocenters. The van der Waals surface area contributed by atoms with E-state index in [0.717, 1.165) is 56.2 Å². The van der Waals surface area contributed by atoms with Crippen LogP contribution >= 0.6 is 0 Å². The summed E-state index contributed by atoms with van der Waals surface area (Å²) in [5.41, 5.74) is 4.05. The Kier molecular flexibility index (Phi) is 5.67. The van der Waals surface area contributed by atoms with Crippen LogP contribution < -0.4 is 20.2 Å². The fourth-order valence-corrected chi connectivity index (χ4v) is 7.64. The molecule has 2 aliphatic heterocycles. The Morgan fingerprint density at radius 2 is 1.60 bits per heavy atom. The highest BCUT2D eigenvalue weighted by Gasteiger charge is 2.39. The first-order chi connectivity index (χ1) is 14.5. The summed E-state index contributed by atoms with van der Waals surface area (Å²) in [5, 5.41) is 2.45. The van der Waals surface area contributed by atoms with E-state index in [2.05, 4.69) is 60.3 Å². The van der Waals surface area contributed by atoms with Crippen LogP contribution in [0.2, 0.25) is 13.1 Å². The van der Waals surface area contributed by atoms with Gasteiger partial charge in [0, 0.05) is 48.7 Å². The highest BCUT2D eigenvalue weighted by Crippen LogP contribution is 2.26. The van der Waals surface area contributed by atoms with Crippen molar-refractivity contribution >= 4 is 35.6 Å². The maximum atomic E-state index is 13.4. The van der Waals surface area contributed by atoms with E-state index < -0.39 is 8.07 Å². The summed E-state index contributed by atoms with van der Waals surface area (Å²) in [5.74, 6) is 0.144. The van der Waals surface area contributed by atoms with E-state index in [1.54, 1.807) is 0 Å². The van der Waals surface area contributed by atoms with Crippen molar-refractivity contribution in [3.8, 4) is 0 Å². The van der Waals surface area contributed by atoms with E-state index in [0.29, 0.717) is 0 Å². The molecule has 0 spiro atoms. The minimum absolute atomic E-state index is 0.144. The molecule has 0 unspecified atom stereocenters. The summed E-state index contributed by atoms with van der Waals surface area (Å²) in [4.78, 5) is 18.0. The topological polar surface area (TPSA) is 32.8 Å². The SMILES string of the molecule is C=CCN(CC=C)c1ccc2c(c1)[Si](C)(C)c1cc(N3CCOCC3)ccc1C2=O. The number of ether oxygens (including phenoxy) is 1. The lowest BCUT2D eigenvalue weighted by molar-refractivity contribution is 0.104. The maximum Gasteiger partial charge on any atom is 0.192 e. The average molecular weight is 419 g/mol. The summed E-state index contributed by atoms with van der Waals surface area (Å²) >= 11 is 0. The number of fused-ring (bicyclic) bond motifs is 2. The first kappa shape index (κ1) is 20.6. The largest absolute Gasteiger partial charge is 0.378 e. The average Bonchev–Trinajstić information content (AvgIpc) is 2.77. The van der Waals surface area contributed by atoms with Crippen LogP contribution in [-0.4, -0.2) is 53.2 Å². The fraction of sp³-hybridized carbons (Fsp3) is 0.320. The zero-order chi connectivity index (χ0) is 21.3. The number of ketones is 1. The van der Waals surface area contributed by atoms with Gasteiger partial charge >= 0.3 is 0 Å². The highest BCUT2D eigenvalue weighted by molar-refractivity contribution is 7.02. The van der Waals surface area contributed by atoms with E-state index in [1.807, 2.05) is 24.3 Å². The molecule has 0 aliphatic carbocycles. The van der Waals surface area contributed by atoms with Gasteiger partial charge in [0.15, 0.2) is 5.78 Å². The molecule has 30 heavy (non-hydrogen) atoms. The summed E-state index contributed by atoms with van der Waals surface area (Å²) < 4.78 is 5.51. The second kappa shape index (κ2) is 8.24. The van der Waals surface area contributed by atoms with Gasteiger partial charge in [0.1, 0.15) is 8.07 Å². The van der Waals surface area contributed by atoms with Crippen molar-refractivity contribution in [2.24, 2.45) is 0 Å². The van der Waals surface area contributed by atoms with Gasteiger partial charge < -0.3 is 14.5 Å². The lowest BCUT2D eigenvalue weighted by Gasteiger charge is -2.36. The normalized spacial score (nSPS) is 17.1. The van der Waals surface area contributed by atoms with E-state index in [1.165, 1.54) is 16.1 Å². The molecule has 2 aromatic carbocycles. The van der Waals surface area contributed by atoms with Crippen molar-refractivity contribution in [2.45, 2.75) is 13.1 Å². The molecular formula is C25H30N2O2Si. The molecule has 2 aliphatic rings. The standard InChI is InChI=1S/C25H30N2O2Si/c1-5-11-26(12-6-2)19-7-9-21-23(17-19)30(3,4)24-18-20(8-10-22(24)25(21)28)27-13-15-29-16-14-27/h5-10,17-18H,1-2,11-16H2,3-4H3. The molecule has 0 saturated carbocycles. The van der Waals surface area contributed by atoms with Crippen LogP contribution in [-0.2, 0) is 4.74 Å². The maximum absolute atomic E-state index is 13.4. The van der Waals surface area contributed by atoms with Gasteiger partial charge in [-0.3, -0.25) is 4.79 Å². The summed E-state index contributed by atoms with van der Waals surface area (Å²) in [6.45, 7) is 17.3. The van der Waals surface area contributed by atoms with E-state index in [-0.39, 0.29) is 5.78 Å². The van der Waals surface area contributed by atoms with Crippen molar-refractivity contribution in [3.05, 3.63) is 72.8 Å². The highest BCUT2D eigenvalue weighted by atomic mass is 28.3. The number of rotatable bonds is 6. The summed E-state index contributed by atoms with van der Waals surface area (Å²) in [6.07, 6.45) is 3.81. The molecule has 0 amide bonds. The predicted molar refractivity (Wildman–Crippen MR) is 129 cm³/mol. The Labute approximate surface area is 180 Å². The quantitative estimate of drug-likeness (QED) is 0.533. The third kappa shape index (κ3) is 3.52. The Morgan fingerprint density at radius 1 is 1.00 bits per heavy atom. The van der Waals surface area contributed by atoms with Crippen LogP contribution in [0.25, 0.3) is 0 Å². The van der Waals surface area contributed by atoms with Gasteiger partial charge in [-0.25, -0.2) is 0 Å². The molecule has 5 heteroatoms. The van der Waals surface area contributed by atoms with Crippen molar-refractivity contribution in [1.82, 2.24) is 0 Å². The zero-order valence-corrected chi connectivity index (χ0v) is 19.0. The van der Waals surface area contributed by atoms with Gasteiger partial charge in [0.2, 0.25) is 0 Å². The minimum atomic E-state index is -2.05. The Morgan fingerprint density at radius 3 is 2.23 bits per heavy atom. The number of carbonyl (C=O) groups excluding carboxylic acids is 1. The first-order valence-electron chi connectivity index (χ1n) is 10.6. The second-order valence-corrected chi connectivity index (χ2v) is 12.8. The third-order valence-electron chi connectivity index (χ3n) is 6.28. The molecular weight excluding hydrogens is 388 g/mol. The Bertz CT molecular complexity index is 983. The van der Waals surface area contributed by atoms with E-state index in [9.17, 15) is 4.79 Å². The molecule has 1 saturated heterocycles. The van der Waals surface area contributed by atoms with Gasteiger partial charge in [-0.15, -0.1) is 13.2 Å². The van der Waals surface area contributed by atoms with Crippen molar-refractivity contribution < 1.29 is 9.53 Å². The Hall–Kier alpha value is -2.63. The molecule has 1 fully saturated rings. The smallest absolute Gasteiger partial charge is 0.192 e. The lowest BCUT2D eigenvalue weighted by Crippen LogP contribution is -2.60. The van der Waals surface area contributed by atoms with Crippen LogP contribution in [0.15, 0.2) is 61.7 Å². The predicted octanol–water partition coefficient (Wildman–Crippen LogP) is 3.07. The number of nitrogens with zero attached hydrogens (tertiary/aromatic N) is 2. The number of morpholine rings is 1. The molecule has 4 rings (SSSR count). The summed E-state index contributed by atoms with van der Waals surface area (Å²) in [6, 6.07) is 12.7. The minimum Gasteiger partial charge on any atom is -0.378 e. The first-order valence-corrected chi connectivity index (χ1v) is 13.6. The van der Waals surface area contributed by atoms with E-state index >= 15 is 0 Å². The fourth-order valence-electron chi connectivity index (χ4n) is 4.60. The van der Waals surface area contributed by atoms with Crippen LogP contribution in [0.5, 0.6) is 0 Å². The van der Waals surface area contributed by atoms with Crippen LogP contribution in [0.3, 0.4) is 0 Å². The van der Waals surface area contributed by atoms with Crippen LogP contribution in [0.1, 0.15) is 15.9 Å². The zero-order valence-electron chi connectivity index (χ0n) is 18.0. The van der Waals surface area contributed by atoms with Crippen molar-refractivity contribution in [1.29, 1.82) is 0 Å².